The molecule has 1 aliphatic carbocycles. The summed E-state index contributed by atoms with van der Waals surface area (Å²) in [6.07, 6.45) is 0.833. The van der Waals surface area contributed by atoms with Crippen molar-refractivity contribution < 1.29 is 14.7 Å². The van der Waals surface area contributed by atoms with Gasteiger partial charge in [0.2, 0.25) is 5.91 Å². The number of thiophene rings is 1. The summed E-state index contributed by atoms with van der Waals surface area (Å²) in [5.41, 5.74) is 1.22. The van der Waals surface area contributed by atoms with Crippen molar-refractivity contribution >= 4 is 23.2 Å². The first kappa shape index (κ1) is 12.1. The summed E-state index contributed by atoms with van der Waals surface area (Å²) in [7, 11) is 0. The van der Waals surface area contributed by atoms with E-state index >= 15 is 0 Å². The van der Waals surface area contributed by atoms with Crippen LogP contribution in [0.25, 0.3) is 0 Å². The molecule has 1 aromatic rings. The summed E-state index contributed by atoms with van der Waals surface area (Å²) in [4.78, 5) is 23.7. The van der Waals surface area contributed by atoms with E-state index in [1.54, 1.807) is 11.3 Å². The molecule has 4 nitrogen and oxygen atoms in total. The predicted molar refractivity (Wildman–Crippen MR) is 65.1 cm³/mol. The zero-order valence-corrected chi connectivity index (χ0v) is 10.6. The highest BCUT2D eigenvalue weighted by Gasteiger charge is 2.45. The quantitative estimate of drug-likeness (QED) is 0.859. The van der Waals surface area contributed by atoms with Gasteiger partial charge in [-0.15, -0.1) is 11.3 Å². The molecule has 92 valence electrons. The van der Waals surface area contributed by atoms with Crippen molar-refractivity contribution in [1.82, 2.24) is 5.32 Å². The molecule has 3 atom stereocenters. The van der Waals surface area contributed by atoms with E-state index in [-0.39, 0.29) is 17.7 Å². The molecular weight excluding hydrogens is 238 g/mol. The van der Waals surface area contributed by atoms with E-state index in [1.807, 2.05) is 18.4 Å². The molecule has 1 aromatic heterocycles. The molecule has 2 unspecified atom stereocenters. The lowest BCUT2D eigenvalue weighted by Gasteiger charge is -2.08. The SMILES string of the molecule is Cc1ccsc1C1CC1C(=O)N[C@@H](C)C(=O)O. The lowest BCUT2D eigenvalue weighted by Crippen LogP contribution is -2.39. The molecule has 2 N–H and O–H groups in total. The molecule has 0 spiro atoms. The Kier molecular flexibility index (Phi) is 3.19. The van der Waals surface area contributed by atoms with Crippen LogP contribution in [0.1, 0.15) is 29.7 Å². The molecule has 0 radical (unpaired) electrons. The Morgan fingerprint density at radius 1 is 1.59 bits per heavy atom. The molecule has 0 aliphatic heterocycles. The lowest BCUT2D eigenvalue weighted by atomic mass is 10.2. The third-order valence-corrected chi connectivity index (χ3v) is 4.25. The van der Waals surface area contributed by atoms with Gasteiger partial charge in [-0.25, -0.2) is 0 Å². The van der Waals surface area contributed by atoms with Crippen LogP contribution in [0.15, 0.2) is 11.4 Å². The molecule has 1 fully saturated rings. The van der Waals surface area contributed by atoms with Crippen molar-refractivity contribution in [2.45, 2.75) is 32.2 Å². The molecule has 1 aliphatic rings. The Hall–Kier alpha value is -1.36. The lowest BCUT2D eigenvalue weighted by molar-refractivity contribution is -0.141. The van der Waals surface area contributed by atoms with Gasteiger partial charge in [0, 0.05) is 16.7 Å². The van der Waals surface area contributed by atoms with Crippen LogP contribution in [0.4, 0.5) is 0 Å². The van der Waals surface area contributed by atoms with Crippen LogP contribution < -0.4 is 5.32 Å². The maximum absolute atomic E-state index is 11.8. The van der Waals surface area contributed by atoms with Crippen molar-refractivity contribution in [2.75, 3.05) is 0 Å². The molecule has 17 heavy (non-hydrogen) atoms. The van der Waals surface area contributed by atoms with Crippen molar-refractivity contribution in [3.63, 3.8) is 0 Å². The summed E-state index contributed by atoms with van der Waals surface area (Å²) < 4.78 is 0. The van der Waals surface area contributed by atoms with Crippen LogP contribution in [0, 0.1) is 12.8 Å². The van der Waals surface area contributed by atoms with E-state index in [4.69, 9.17) is 5.11 Å². The summed E-state index contributed by atoms with van der Waals surface area (Å²) in [6, 6.07) is 1.24. The van der Waals surface area contributed by atoms with Gasteiger partial charge in [-0.2, -0.15) is 0 Å². The Morgan fingerprint density at radius 2 is 2.29 bits per heavy atom. The first-order chi connectivity index (χ1) is 8.00. The number of nitrogens with one attached hydrogen (secondary N) is 1. The molecule has 0 bridgehead atoms. The van der Waals surface area contributed by atoms with Crippen LogP contribution in [0.2, 0.25) is 0 Å². The normalized spacial score (nSPS) is 24.1. The summed E-state index contributed by atoms with van der Waals surface area (Å²) in [5, 5.41) is 13.3. The van der Waals surface area contributed by atoms with Gasteiger partial charge in [0.15, 0.2) is 0 Å². The second-order valence-electron chi connectivity index (χ2n) is 4.49. The fraction of sp³-hybridized carbons (Fsp3) is 0.500. The molecule has 0 saturated heterocycles. The second-order valence-corrected chi connectivity index (χ2v) is 5.43. The van der Waals surface area contributed by atoms with Gasteiger partial charge in [0.05, 0.1) is 0 Å². The predicted octanol–water partition coefficient (Wildman–Crippen LogP) is 1.75. The first-order valence-corrected chi connectivity index (χ1v) is 6.46. The number of hydrogen-bond donors (Lipinski definition) is 2. The van der Waals surface area contributed by atoms with Crippen LogP contribution >= 0.6 is 11.3 Å². The van der Waals surface area contributed by atoms with Crippen LogP contribution in [-0.4, -0.2) is 23.0 Å². The Labute approximate surface area is 104 Å². The summed E-state index contributed by atoms with van der Waals surface area (Å²) in [6.45, 7) is 3.52. The minimum absolute atomic E-state index is 0.0471. The topological polar surface area (TPSA) is 66.4 Å². The highest BCUT2D eigenvalue weighted by molar-refractivity contribution is 7.10. The fourth-order valence-electron chi connectivity index (χ4n) is 1.92. The van der Waals surface area contributed by atoms with Gasteiger partial charge in [-0.1, -0.05) is 0 Å². The number of aliphatic carboxylic acids is 1. The van der Waals surface area contributed by atoms with Crippen LogP contribution in [0.3, 0.4) is 0 Å². The maximum Gasteiger partial charge on any atom is 0.325 e. The van der Waals surface area contributed by atoms with Crippen molar-refractivity contribution in [2.24, 2.45) is 5.92 Å². The fourth-order valence-corrected chi connectivity index (χ4v) is 3.03. The Bertz CT molecular complexity index is 454. The smallest absolute Gasteiger partial charge is 0.325 e. The Morgan fingerprint density at radius 3 is 2.82 bits per heavy atom. The van der Waals surface area contributed by atoms with Gasteiger partial charge in [0.1, 0.15) is 6.04 Å². The second kappa shape index (κ2) is 4.49. The van der Waals surface area contributed by atoms with Crippen LogP contribution in [0.5, 0.6) is 0 Å². The molecule has 2 rings (SSSR count). The van der Waals surface area contributed by atoms with E-state index in [9.17, 15) is 9.59 Å². The minimum atomic E-state index is -0.997. The zero-order chi connectivity index (χ0) is 12.6. The average molecular weight is 253 g/mol. The molecule has 1 amide bonds. The van der Waals surface area contributed by atoms with Gasteiger partial charge in [-0.3, -0.25) is 9.59 Å². The van der Waals surface area contributed by atoms with Crippen molar-refractivity contribution in [3.05, 3.63) is 21.9 Å². The number of carboxylic acids is 1. The van der Waals surface area contributed by atoms with Crippen molar-refractivity contribution in [1.29, 1.82) is 0 Å². The van der Waals surface area contributed by atoms with E-state index in [0.29, 0.717) is 0 Å². The molecule has 1 saturated carbocycles. The van der Waals surface area contributed by atoms with Gasteiger partial charge < -0.3 is 10.4 Å². The number of hydrogen-bond acceptors (Lipinski definition) is 3. The van der Waals surface area contributed by atoms with Gasteiger partial charge in [-0.05, 0) is 37.3 Å². The van der Waals surface area contributed by atoms with Gasteiger partial charge in [0.25, 0.3) is 0 Å². The Balaban J connectivity index is 1.93. The first-order valence-electron chi connectivity index (χ1n) is 5.58. The summed E-state index contributed by atoms with van der Waals surface area (Å²) >= 11 is 1.67. The highest BCUT2D eigenvalue weighted by Crippen LogP contribution is 2.50. The number of carboxylic acid groups (broad SMARTS) is 1. The molecule has 0 aromatic carbocycles. The van der Waals surface area contributed by atoms with Gasteiger partial charge >= 0.3 is 5.97 Å². The number of carbonyl (C=O) groups excluding carboxylic acids is 1. The van der Waals surface area contributed by atoms with E-state index < -0.39 is 12.0 Å². The third kappa shape index (κ3) is 2.49. The molecule has 5 heteroatoms. The maximum atomic E-state index is 11.8. The zero-order valence-electron chi connectivity index (χ0n) is 9.77. The molecular formula is C12H15NO3S. The van der Waals surface area contributed by atoms with E-state index in [0.717, 1.165) is 6.42 Å². The van der Waals surface area contributed by atoms with Crippen LogP contribution in [-0.2, 0) is 9.59 Å². The van der Waals surface area contributed by atoms with E-state index in [2.05, 4.69) is 5.32 Å². The van der Waals surface area contributed by atoms with E-state index in [1.165, 1.54) is 17.4 Å². The number of rotatable bonds is 4. The standard InChI is InChI=1S/C12H15NO3S/c1-6-3-4-17-10(6)8-5-9(8)11(14)13-7(2)12(15)16/h3-4,7-9H,5H2,1-2H3,(H,13,14)(H,15,16)/t7-,8?,9?/m0/s1. The number of carbonyl (C=O) groups is 2. The largest absolute Gasteiger partial charge is 0.480 e. The third-order valence-electron chi connectivity index (χ3n) is 3.09. The average Bonchev–Trinajstić information content (AvgIpc) is 2.94. The number of aryl methyl sites for hydroxylation is 1. The molecule has 1 heterocycles. The van der Waals surface area contributed by atoms with Crippen molar-refractivity contribution in [3.8, 4) is 0 Å². The number of amides is 1. The highest BCUT2D eigenvalue weighted by atomic mass is 32.1. The monoisotopic (exact) mass is 253 g/mol. The minimum Gasteiger partial charge on any atom is -0.480 e. The summed E-state index contributed by atoms with van der Waals surface area (Å²) in [5.74, 6) is -0.898.